The maximum absolute atomic E-state index is 11.7. The highest BCUT2D eigenvalue weighted by atomic mass is 35.6. The molecule has 9 heteroatoms. The van der Waals surface area contributed by atoms with Crippen LogP contribution in [0.25, 0.3) is 0 Å². The summed E-state index contributed by atoms with van der Waals surface area (Å²) in [5.41, 5.74) is -0.964. The van der Waals surface area contributed by atoms with Gasteiger partial charge in [-0.15, -0.1) is 11.6 Å². The molecule has 1 unspecified atom stereocenters. The fraction of sp³-hybridized carbons (Fsp3) is 0.714. The van der Waals surface area contributed by atoms with Gasteiger partial charge in [-0.1, -0.05) is 34.8 Å². The Bertz CT molecular complexity index is 331. The maximum Gasteiger partial charge on any atom is 0.335 e. The number of nitrogens with one attached hydrogen (secondary N) is 1. The fourth-order valence-electron chi connectivity index (χ4n) is 0.966. The molecule has 1 atom stereocenters. The number of hydrogen-bond acceptors (Lipinski definition) is 3. The molecule has 1 aliphatic rings. The molecular formula is C7H8Cl4N2O2S. The van der Waals surface area contributed by atoms with Gasteiger partial charge in [0.15, 0.2) is 0 Å². The number of halogens is 4. The van der Waals surface area contributed by atoms with Crippen LogP contribution in [0.1, 0.15) is 13.8 Å². The number of imide groups is 1. The van der Waals surface area contributed by atoms with Gasteiger partial charge in [-0.3, -0.25) is 4.79 Å². The number of rotatable bonds is 2. The molecule has 0 radical (unpaired) electrons. The lowest BCUT2D eigenvalue weighted by atomic mass is 10.1. The summed E-state index contributed by atoms with van der Waals surface area (Å²) in [6.07, 6.45) is 0. The zero-order chi connectivity index (χ0) is 12.7. The molecule has 1 rings (SSSR count). The van der Waals surface area contributed by atoms with Crippen LogP contribution in [0.15, 0.2) is 0 Å². The molecule has 1 fully saturated rings. The Labute approximate surface area is 117 Å². The van der Waals surface area contributed by atoms with E-state index in [0.29, 0.717) is 11.9 Å². The van der Waals surface area contributed by atoms with Crippen LogP contribution in [0.5, 0.6) is 0 Å². The topological polar surface area (TPSA) is 49.4 Å². The van der Waals surface area contributed by atoms with Crippen LogP contribution in [0, 0.1) is 0 Å². The molecule has 1 aliphatic heterocycles. The third kappa shape index (κ3) is 3.01. The summed E-state index contributed by atoms with van der Waals surface area (Å²) in [5.74, 6) is -0.428. The molecule has 0 aromatic carbocycles. The van der Waals surface area contributed by atoms with Crippen molar-refractivity contribution in [3.05, 3.63) is 0 Å². The zero-order valence-corrected chi connectivity index (χ0v) is 12.1. The van der Waals surface area contributed by atoms with E-state index in [4.69, 9.17) is 46.4 Å². The minimum atomic E-state index is -1.76. The number of hydrogen-bond donors (Lipinski definition) is 1. The summed E-state index contributed by atoms with van der Waals surface area (Å²) in [6, 6.07) is -0.570. The Kier molecular flexibility index (Phi) is 4.18. The minimum Gasteiger partial charge on any atom is -0.323 e. The van der Waals surface area contributed by atoms with Crippen molar-refractivity contribution in [2.45, 2.75) is 27.9 Å². The molecule has 1 heterocycles. The Balaban J connectivity index is 2.77. The number of alkyl halides is 4. The van der Waals surface area contributed by atoms with E-state index in [9.17, 15) is 9.59 Å². The fourth-order valence-corrected chi connectivity index (χ4v) is 2.33. The lowest BCUT2D eigenvalue weighted by molar-refractivity contribution is -0.126. The average molecular weight is 326 g/mol. The number of carbonyl (C=O) groups excluding carboxylic acids is 2. The molecule has 16 heavy (non-hydrogen) atoms. The normalized spacial score (nSPS) is 22.2. The molecule has 1 N–H and O–H groups in total. The highest BCUT2D eigenvalue weighted by molar-refractivity contribution is 8.00. The van der Waals surface area contributed by atoms with E-state index < -0.39 is 26.0 Å². The van der Waals surface area contributed by atoms with Crippen molar-refractivity contribution < 1.29 is 9.59 Å². The van der Waals surface area contributed by atoms with Gasteiger partial charge in [0, 0.05) is 0 Å². The highest BCUT2D eigenvalue weighted by Gasteiger charge is 2.47. The second kappa shape index (κ2) is 4.61. The van der Waals surface area contributed by atoms with Gasteiger partial charge in [-0.05, 0) is 25.8 Å². The van der Waals surface area contributed by atoms with Crippen molar-refractivity contribution in [1.29, 1.82) is 0 Å². The summed E-state index contributed by atoms with van der Waals surface area (Å²) < 4.78 is -1.94. The Morgan fingerprint density at radius 3 is 2.19 bits per heavy atom. The van der Waals surface area contributed by atoms with Crippen LogP contribution in [0.2, 0.25) is 0 Å². The molecule has 0 aliphatic carbocycles. The van der Waals surface area contributed by atoms with Gasteiger partial charge in [0.1, 0.15) is 10.2 Å². The van der Waals surface area contributed by atoms with Crippen LogP contribution >= 0.6 is 58.4 Å². The quantitative estimate of drug-likeness (QED) is 0.482. The third-order valence-electron chi connectivity index (χ3n) is 1.78. The highest BCUT2D eigenvalue weighted by Crippen LogP contribution is 2.42. The number of nitrogens with zero attached hydrogens (tertiary/aromatic N) is 1. The lowest BCUT2D eigenvalue weighted by Crippen LogP contribution is -2.40. The molecule has 0 spiro atoms. The summed E-state index contributed by atoms with van der Waals surface area (Å²) in [7, 11) is 0. The van der Waals surface area contributed by atoms with E-state index in [1.807, 2.05) is 0 Å². The van der Waals surface area contributed by atoms with Crippen molar-refractivity contribution in [3.63, 3.8) is 0 Å². The molecule has 92 valence electrons. The lowest BCUT2D eigenvalue weighted by Gasteiger charge is -2.21. The molecule has 0 aromatic heterocycles. The molecule has 0 saturated carbocycles. The smallest absolute Gasteiger partial charge is 0.323 e. The molecule has 0 bridgehead atoms. The van der Waals surface area contributed by atoms with Gasteiger partial charge in [0.05, 0.1) is 0 Å². The Morgan fingerprint density at radius 2 is 1.88 bits per heavy atom. The van der Waals surface area contributed by atoms with E-state index in [1.165, 1.54) is 0 Å². The zero-order valence-electron chi connectivity index (χ0n) is 8.26. The van der Waals surface area contributed by atoms with Gasteiger partial charge in [-0.25, -0.2) is 9.10 Å². The predicted molar refractivity (Wildman–Crippen MR) is 67.0 cm³/mol. The van der Waals surface area contributed by atoms with Gasteiger partial charge >= 0.3 is 6.03 Å². The van der Waals surface area contributed by atoms with E-state index >= 15 is 0 Å². The second-order valence-corrected chi connectivity index (χ2v) is 7.73. The Hall–Kier alpha value is 0.450. The van der Waals surface area contributed by atoms with Crippen LogP contribution in [-0.2, 0) is 4.79 Å². The monoisotopic (exact) mass is 324 g/mol. The molecule has 4 nitrogen and oxygen atoms in total. The van der Waals surface area contributed by atoms with Gasteiger partial charge in [0.2, 0.25) is 3.79 Å². The van der Waals surface area contributed by atoms with Gasteiger partial charge in [-0.2, -0.15) is 0 Å². The summed E-state index contributed by atoms with van der Waals surface area (Å²) >= 11 is 23.0. The van der Waals surface area contributed by atoms with Crippen LogP contribution < -0.4 is 5.32 Å². The summed E-state index contributed by atoms with van der Waals surface area (Å²) in [4.78, 5) is 23.2. The number of urea groups is 1. The van der Waals surface area contributed by atoms with Crippen molar-refractivity contribution in [3.8, 4) is 0 Å². The number of carbonyl (C=O) groups is 2. The summed E-state index contributed by atoms with van der Waals surface area (Å²) in [6.45, 7) is 3.15. The molecule has 0 aromatic rings. The maximum atomic E-state index is 11.7. The standard InChI is InChI=1S/C7H8Cl4N2O2S/c1-6(2)4(14)13(5(15)12-6)16-3(8)7(9,10)11/h3H,1-2H3,(H,12,15). The molecule has 3 amide bonds. The SMILES string of the molecule is CC1(C)NC(=O)N(SC(Cl)C(Cl)(Cl)Cl)C1=O. The first kappa shape index (κ1) is 14.5. The molecule has 1 saturated heterocycles. The third-order valence-corrected chi connectivity index (χ3v) is 4.80. The van der Waals surface area contributed by atoms with Crippen molar-refractivity contribution in [2.75, 3.05) is 0 Å². The van der Waals surface area contributed by atoms with Crippen molar-refractivity contribution in [2.24, 2.45) is 0 Å². The first-order valence-electron chi connectivity index (χ1n) is 4.10. The molecular weight excluding hydrogens is 318 g/mol. The second-order valence-electron chi connectivity index (χ2n) is 3.62. The minimum absolute atomic E-state index is 0.428. The average Bonchev–Trinajstić information content (AvgIpc) is 2.26. The van der Waals surface area contributed by atoms with E-state index in [-0.39, 0.29) is 0 Å². The van der Waals surface area contributed by atoms with Crippen LogP contribution in [0.3, 0.4) is 0 Å². The Morgan fingerprint density at radius 1 is 1.38 bits per heavy atom. The van der Waals surface area contributed by atoms with E-state index in [1.54, 1.807) is 13.8 Å². The van der Waals surface area contributed by atoms with Gasteiger partial charge < -0.3 is 5.32 Å². The van der Waals surface area contributed by atoms with Crippen LogP contribution in [-0.4, -0.2) is 30.3 Å². The van der Waals surface area contributed by atoms with Crippen molar-refractivity contribution >= 4 is 70.3 Å². The van der Waals surface area contributed by atoms with Gasteiger partial charge in [0.25, 0.3) is 5.91 Å². The first-order chi connectivity index (χ1) is 7.05. The van der Waals surface area contributed by atoms with E-state index in [2.05, 4.69) is 5.32 Å². The first-order valence-corrected chi connectivity index (χ1v) is 6.50. The van der Waals surface area contributed by atoms with Crippen LogP contribution in [0.4, 0.5) is 4.79 Å². The van der Waals surface area contributed by atoms with Crippen molar-refractivity contribution in [1.82, 2.24) is 9.62 Å². The predicted octanol–water partition coefficient (Wildman–Crippen LogP) is 2.90. The summed E-state index contributed by atoms with van der Waals surface area (Å²) in [5, 5.41) is 2.48. The largest absolute Gasteiger partial charge is 0.335 e. The number of amides is 3. The van der Waals surface area contributed by atoms with E-state index in [0.717, 1.165) is 4.31 Å².